The third kappa shape index (κ3) is 1.60. The van der Waals surface area contributed by atoms with E-state index in [1.165, 1.54) is 31.5 Å². The molecule has 2 aromatic heterocycles. The highest BCUT2D eigenvalue weighted by Gasteiger charge is 2.37. The Labute approximate surface area is 112 Å². The van der Waals surface area contributed by atoms with Crippen molar-refractivity contribution in [2.24, 2.45) is 7.05 Å². The monoisotopic (exact) mass is 257 g/mol. The predicted octanol–water partition coefficient (Wildman–Crippen LogP) is 2.39. The summed E-state index contributed by atoms with van der Waals surface area (Å²) in [6.07, 6.45) is 6.88. The summed E-state index contributed by atoms with van der Waals surface area (Å²) in [6, 6.07) is 0.592. The molecule has 0 aliphatic heterocycles. The van der Waals surface area contributed by atoms with Crippen LogP contribution in [0.4, 0.5) is 5.82 Å². The first-order valence-electron chi connectivity index (χ1n) is 7.03. The largest absolute Gasteiger partial charge is 0.383 e. The number of nitrogen functional groups attached to an aromatic ring is 1. The minimum absolute atomic E-state index is 0.592. The highest BCUT2D eigenvalue weighted by molar-refractivity contribution is 5.72. The van der Waals surface area contributed by atoms with Crippen molar-refractivity contribution >= 4 is 5.82 Å². The first kappa shape index (κ1) is 11.1. The zero-order valence-corrected chi connectivity index (χ0v) is 11.4. The second-order valence-electron chi connectivity index (χ2n) is 5.85. The van der Waals surface area contributed by atoms with E-state index in [4.69, 9.17) is 10.7 Å². The van der Waals surface area contributed by atoms with Gasteiger partial charge in [0.1, 0.15) is 17.3 Å². The minimum atomic E-state index is 0.592. The highest BCUT2D eigenvalue weighted by Crippen LogP contribution is 2.48. The summed E-state index contributed by atoms with van der Waals surface area (Å²) >= 11 is 0. The normalized spacial score (nSPS) is 19.1. The number of nitrogens with zero attached hydrogens (tertiary/aromatic N) is 4. The average molecular weight is 257 g/mol. The summed E-state index contributed by atoms with van der Waals surface area (Å²) in [5.41, 5.74) is 9.50. The van der Waals surface area contributed by atoms with Crippen LogP contribution >= 0.6 is 0 Å². The van der Waals surface area contributed by atoms with Gasteiger partial charge in [-0.15, -0.1) is 0 Å². The van der Waals surface area contributed by atoms with Crippen LogP contribution in [0.15, 0.2) is 6.20 Å². The van der Waals surface area contributed by atoms with E-state index < -0.39 is 0 Å². The molecule has 2 aromatic rings. The average Bonchev–Trinajstić information content (AvgIpc) is 3.29. The fourth-order valence-corrected chi connectivity index (χ4v) is 2.74. The summed E-state index contributed by atoms with van der Waals surface area (Å²) in [4.78, 5) is 4.86. The van der Waals surface area contributed by atoms with Crippen LogP contribution in [0.3, 0.4) is 0 Å². The number of imidazole rings is 1. The van der Waals surface area contributed by atoms with E-state index in [-0.39, 0.29) is 0 Å². The quantitative estimate of drug-likeness (QED) is 0.918. The van der Waals surface area contributed by atoms with Crippen LogP contribution < -0.4 is 5.73 Å². The maximum Gasteiger partial charge on any atom is 0.132 e. The number of rotatable bonds is 3. The predicted molar refractivity (Wildman–Crippen MR) is 73.8 cm³/mol. The number of nitrogens with two attached hydrogens (primary N) is 1. The van der Waals surface area contributed by atoms with Gasteiger partial charge in [0.05, 0.1) is 6.20 Å². The van der Waals surface area contributed by atoms with E-state index in [1.54, 1.807) is 0 Å². The van der Waals surface area contributed by atoms with Gasteiger partial charge < -0.3 is 10.3 Å². The first-order chi connectivity index (χ1) is 9.16. The van der Waals surface area contributed by atoms with Crippen molar-refractivity contribution in [3.8, 4) is 11.3 Å². The molecule has 2 heterocycles. The topological polar surface area (TPSA) is 61.7 Å². The SMILES string of the molecule is Cc1c(-c2nc(C3CC3)n(C3CC3)c2N)cnn1C. The van der Waals surface area contributed by atoms with Crippen LogP contribution in [0.25, 0.3) is 11.3 Å². The molecule has 2 saturated carbocycles. The van der Waals surface area contributed by atoms with Gasteiger partial charge in [-0.3, -0.25) is 4.68 Å². The zero-order chi connectivity index (χ0) is 13.1. The van der Waals surface area contributed by atoms with E-state index in [0.29, 0.717) is 12.0 Å². The van der Waals surface area contributed by atoms with Crippen molar-refractivity contribution < 1.29 is 0 Å². The van der Waals surface area contributed by atoms with E-state index >= 15 is 0 Å². The zero-order valence-electron chi connectivity index (χ0n) is 11.4. The highest BCUT2D eigenvalue weighted by atomic mass is 15.3. The molecule has 2 aliphatic rings. The van der Waals surface area contributed by atoms with E-state index in [9.17, 15) is 0 Å². The van der Waals surface area contributed by atoms with Crippen molar-refractivity contribution in [1.82, 2.24) is 19.3 Å². The van der Waals surface area contributed by atoms with Crippen molar-refractivity contribution in [2.45, 2.75) is 44.6 Å². The lowest BCUT2D eigenvalue weighted by atomic mass is 10.2. The molecule has 0 aromatic carbocycles. The molecule has 0 saturated heterocycles. The lowest BCUT2D eigenvalue weighted by Gasteiger charge is -2.07. The summed E-state index contributed by atoms with van der Waals surface area (Å²) in [6.45, 7) is 2.06. The Hall–Kier alpha value is -1.78. The van der Waals surface area contributed by atoms with Gasteiger partial charge in [-0.1, -0.05) is 0 Å². The van der Waals surface area contributed by atoms with Crippen LogP contribution in [0.2, 0.25) is 0 Å². The number of aromatic nitrogens is 4. The van der Waals surface area contributed by atoms with Gasteiger partial charge in [0, 0.05) is 30.3 Å². The van der Waals surface area contributed by atoms with Gasteiger partial charge in [0.25, 0.3) is 0 Å². The third-order valence-corrected chi connectivity index (χ3v) is 4.32. The number of hydrogen-bond acceptors (Lipinski definition) is 3. The maximum atomic E-state index is 6.38. The molecule has 5 nitrogen and oxygen atoms in total. The molecule has 0 spiro atoms. The van der Waals surface area contributed by atoms with Gasteiger partial charge >= 0.3 is 0 Å². The van der Waals surface area contributed by atoms with Crippen molar-refractivity contribution in [2.75, 3.05) is 5.73 Å². The van der Waals surface area contributed by atoms with Gasteiger partial charge in [0.2, 0.25) is 0 Å². The van der Waals surface area contributed by atoms with Gasteiger partial charge in [-0.2, -0.15) is 5.10 Å². The molecule has 2 aliphatic carbocycles. The molecule has 2 fully saturated rings. The summed E-state index contributed by atoms with van der Waals surface area (Å²) < 4.78 is 4.17. The van der Waals surface area contributed by atoms with Crippen LogP contribution in [-0.2, 0) is 7.05 Å². The number of anilines is 1. The summed E-state index contributed by atoms with van der Waals surface area (Å²) in [5.74, 6) is 2.67. The van der Waals surface area contributed by atoms with Gasteiger partial charge in [-0.25, -0.2) is 4.98 Å². The van der Waals surface area contributed by atoms with E-state index in [2.05, 4.69) is 16.6 Å². The van der Waals surface area contributed by atoms with E-state index in [0.717, 1.165) is 22.8 Å². The van der Waals surface area contributed by atoms with Crippen LogP contribution in [0.5, 0.6) is 0 Å². The van der Waals surface area contributed by atoms with Crippen molar-refractivity contribution in [1.29, 1.82) is 0 Å². The molecule has 2 N–H and O–H groups in total. The Morgan fingerprint density at radius 1 is 1.26 bits per heavy atom. The molecule has 0 radical (unpaired) electrons. The molecule has 0 amide bonds. The molecule has 5 heteroatoms. The number of hydrogen-bond donors (Lipinski definition) is 1. The van der Waals surface area contributed by atoms with Crippen LogP contribution in [-0.4, -0.2) is 19.3 Å². The maximum absolute atomic E-state index is 6.38. The molecular weight excluding hydrogens is 238 g/mol. The Morgan fingerprint density at radius 3 is 2.53 bits per heavy atom. The second-order valence-corrected chi connectivity index (χ2v) is 5.85. The Balaban J connectivity index is 1.88. The fraction of sp³-hybridized carbons (Fsp3) is 0.571. The smallest absolute Gasteiger partial charge is 0.132 e. The summed E-state index contributed by atoms with van der Waals surface area (Å²) in [7, 11) is 1.95. The molecule has 0 bridgehead atoms. The minimum Gasteiger partial charge on any atom is -0.383 e. The third-order valence-electron chi connectivity index (χ3n) is 4.32. The molecule has 4 rings (SSSR count). The Morgan fingerprint density at radius 2 is 2.00 bits per heavy atom. The molecular formula is C14H19N5. The molecule has 19 heavy (non-hydrogen) atoms. The van der Waals surface area contributed by atoms with Crippen LogP contribution in [0, 0.1) is 6.92 Å². The lowest BCUT2D eigenvalue weighted by Crippen LogP contribution is -2.04. The standard InChI is InChI=1S/C14H19N5/c1-8-11(7-16-18(8)2)12-13(15)19(10-5-6-10)14(17-12)9-3-4-9/h7,9-10H,3-6,15H2,1-2H3. The Bertz CT molecular complexity index is 643. The first-order valence-corrected chi connectivity index (χ1v) is 7.03. The molecule has 0 unspecified atom stereocenters. The van der Waals surface area contributed by atoms with Crippen molar-refractivity contribution in [3.63, 3.8) is 0 Å². The second kappa shape index (κ2) is 3.62. The van der Waals surface area contributed by atoms with Crippen molar-refractivity contribution in [3.05, 3.63) is 17.7 Å². The van der Waals surface area contributed by atoms with Crippen LogP contribution in [0.1, 0.15) is 49.2 Å². The van der Waals surface area contributed by atoms with E-state index in [1.807, 2.05) is 17.9 Å². The fourth-order valence-electron chi connectivity index (χ4n) is 2.74. The molecule has 0 atom stereocenters. The summed E-state index contributed by atoms with van der Waals surface area (Å²) in [5, 5.41) is 4.31. The van der Waals surface area contributed by atoms with Gasteiger partial charge in [-0.05, 0) is 32.6 Å². The number of aryl methyl sites for hydroxylation is 1. The van der Waals surface area contributed by atoms with Gasteiger partial charge in [0.15, 0.2) is 0 Å². The Kier molecular flexibility index (Phi) is 2.11. The lowest BCUT2D eigenvalue weighted by molar-refractivity contribution is 0.691. The molecule has 100 valence electrons.